The summed E-state index contributed by atoms with van der Waals surface area (Å²) in [5, 5.41) is 7.79. The predicted molar refractivity (Wildman–Crippen MR) is 99.0 cm³/mol. The first-order valence-corrected chi connectivity index (χ1v) is 8.57. The largest absolute Gasteiger partial charge is 0.489 e. The van der Waals surface area contributed by atoms with Crippen LogP contribution in [0.1, 0.15) is 12.5 Å². The van der Waals surface area contributed by atoms with Crippen LogP contribution in [0.5, 0.6) is 17.2 Å². The van der Waals surface area contributed by atoms with Crippen LogP contribution in [0.15, 0.2) is 42.5 Å². The molecule has 1 aliphatic heterocycles. The Hall–Kier alpha value is -3.42. The van der Waals surface area contributed by atoms with Crippen LogP contribution >= 0.6 is 0 Å². The zero-order chi connectivity index (χ0) is 19.1. The molecule has 0 radical (unpaired) electrons. The molecule has 1 heterocycles. The number of nitrogens with one attached hydrogen (secondary N) is 3. The zero-order valence-electron chi connectivity index (χ0n) is 14.9. The van der Waals surface area contributed by atoms with Crippen molar-refractivity contribution in [1.82, 2.24) is 10.6 Å². The number of hydrogen-bond donors (Lipinski definition) is 3. The third-order valence-corrected chi connectivity index (χ3v) is 3.72. The predicted octanol–water partition coefficient (Wildman–Crippen LogP) is 2.25. The first kappa shape index (κ1) is 18.4. The van der Waals surface area contributed by atoms with Gasteiger partial charge >= 0.3 is 6.03 Å². The molecule has 2 aromatic carbocycles. The molecule has 0 atom stereocenters. The van der Waals surface area contributed by atoms with E-state index in [1.807, 2.05) is 25.1 Å². The van der Waals surface area contributed by atoms with Crippen LogP contribution in [0.25, 0.3) is 0 Å². The van der Waals surface area contributed by atoms with E-state index < -0.39 is 6.03 Å². The van der Waals surface area contributed by atoms with Crippen molar-refractivity contribution in [2.45, 2.75) is 13.5 Å². The molecule has 3 N–H and O–H groups in total. The van der Waals surface area contributed by atoms with Gasteiger partial charge in [-0.05, 0) is 36.8 Å². The van der Waals surface area contributed by atoms with Gasteiger partial charge in [0.1, 0.15) is 12.4 Å². The SMILES string of the molecule is CCNC(=O)CNC(=O)Nc1cccc(COc2ccc3c(c2)OCO3)c1. The van der Waals surface area contributed by atoms with E-state index in [1.54, 1.807) is 24.3 Å². The maximum absolute atomic E-state index is 11.9. The van der Waals surface area contributed by atoms with Crippen LogP contribution in [0.3, 0.4) is 0 Å². The monoisotopic (exact) mass is 371 g/mol. The fourth-order valence-corrected chi connectivity index (χ4v) is 2.47. The molecule has 3 amide bonds. The van der Waals surface area contributed by atoms with Crippen molar-refractivity contribution >= 4 is 17.6 Å². The molecule has 1 aliphatic rings. The van der Waals surface area contributed by atoms with Crippen molar-refractivity contribution in [3.8, 4) is 17.2 Å². The molecular formula is C19H21N3O5. The van der Waals surface area contributed by atoms with Crippen molar-refractivity contribution < 1.29 is 23.8 Å². The van der Waals surface area contributed by atoms with Crippen molar-refractivity contribution in [2.24, 2.45) is 0 Å². The summed E-state index contributed by atoms with van der Waals surface area (Å²) in [4.78, 5) is 23.2. The molecular weight excluding hydrogens is 350 g/mol. The second-order valence-electron chi connectivity index (χ2n) is 5.77. The summed E-state index contributed by atoms with van der Waals surface area (Å²) in [7, 11) is 0. The van der Waals surface area contributed by atoms with Crippen LogP contribution in [0.4, 0.5) is 10.5 Å². The normalized spacial score (nSPS) is 11.6. The molecule has 0 spiro atoms. The number of likely N-dealkylation sites (N-methyl/N-ethyl adjacent to an activating group) is 1. The van der Waals surface area contributed by atoms with Crippen LogP contribution in [0.2, 0.25) is 0 Å². The Morgan fingerprint density at radius 3 is 2.78 bits per heavy atom. The van der Waals surface area contributed by atoms with Gasteiger partial charge in [-0.3, -0.25) is 4.79 Å². The van der Waals surface area contributed by atoms with Gasteiger partial charge in [0.25, 0.3) is 0 Å². The first-order valence-electron chi connectivity index (χ1n) is 8.57. The molecule has 0 saturated carbocycles. The van der Waals surface area contributed by atoms with Crippen LogP contribution in [0, 0.1) is 0 Å². The lowest BCUT2D eigenvalue weighted by Gasteiger charge is -2.10. The number of carbonyl (C=O) groups excluding carboxylic acids is 2. The second kappa shape index (κ2) is 8.79. The molecule has 0 aliphatic carbocycles. The van der Waals surface area contributed by atoms with Crippen LogP contribution in [-0.2, 0) is 11.4 Å². The number of hydrogen-bond acceptors (Lipinski definition) is 5. The highest BCUT2D eigenvalue weighted by atomic mass is 16.7. The van der Waals surface area contributed by atoms with E-state index in [9.17, 15) is 9.59 Å². The fraction of sp³-hybridized carbons (Fsp3) is 0.263. The van der Waals surface area contributed by atoms with E-state index in [0.717, 1.165) is 5.56 Å². The molecule has 0 aromatic heterocycles. The van der Waals surface area contributed by atoms with Gasteiger partial charge in [-0.15, -0.1) is 0 Å². The lowest BCUT2D eigenvalue weighted by Crippen LogP contribution is -2.38. The van der Waals surface area contributed by atoms with Crippen molar-refractivity contribution in [1.29, 1.82) is 0 Å². The lowest BCUT2D eigenvalue weighted by molar-refractivity contribution is -0.119. The molecule has 8 nitrogen and oxygen atoms in total. The maximum Gasteiger partial charge on any atom is 0.319 e. The van der Waals surface area contributed by atoms with Gasteiger partial charge in [-0.25, -0.2) is 4.79 Å². The highest BCUT2D eigenvalue weighted by Crippen LogP contribution is 2.35. The number of amides is 3. The van der Waals surface area contributed by atoms with Gasteiger partial charge in [0.05, 0.1) is 6.54 Å². The summed E-state index contributed by atoms with van der Waals surface area (Å²) in [6.45, 7) is 2.81. The highest BCUT2D eigenvalue weighted by Gasteiger charge is 2.13. The van der Waals surface area contributed by atoms with Gasteiger partial charge in [0.15, 0.2) is 11.5 Å². The van der Waals surface area contributed by atoms with Gasteiger partial charge in [-0.2, -0.15) is 0 Å². The molecule has 8 heteroatoms. The zero-order valence-corrected chi connectivity index (χ0v) is 14.9. The fourth-order valence-electron chi connectivity index (χ4n) is 2.47. The first-order chi connectivity index (χ1) is 13.1. The second-order valence-corrected chi connectivity index (χ2v) is 5.77. The average Bonchev–Trinajstić information content (AvgIpc) is 3.13. The molecule has 2 aromatic rings. The lowest BCUT2D eigenvalue weighted by atomic mass is 10.2. The van der Waals surface area contributed by atoms with E-state index >= 15 is 0 Å². The minimum Gasteiger partial charge on any atom is -0.489 e. The number of rotatable bonds is 7. The Bertz CT molecular complexity index is 825. The molecule has 27 heavy (non-hydrogen) atoms. The summed E-state index contributed by atoms with van der Waals surface area (Å²) in [5.41, 5.74) is 1.49. The number of benzene rings is 2. The van der Waals surface area contributed by atoms with Crippen molar-refractivity contribution in [2.75, 3.05) is 25.2 Å². The molecule has 142 valence electrons. The topological polar surface area (TPSA) is 97.9 Å². The minimum absolute atomic E-state index is 0.0768. The van der Waals surface area contributed by atoms with Gasteiger partial charge in [0, 0.05) is 18.3 Å². The van der Waals surface area contributed by atoms with Crippen molar-refractivity contribution in [3.63, 3.8) is 0 Å². The summed E-state index contributed by atoms with van der Waals surface area (Å²) < 4.78 is 16.4. The summed E-state index contributed by atoms with van der Waals surface area (Å²) in [6, 6.07) is 12.2. The Balaban J connectivity index is 1.51. The molecule has 0 unspecified atom stereocenters. The molecule has 0 fully saturated rings. The summed E-state index contributed by atoms with van der Waals surface area (Å²) in [5.74, 6) is 1.79. The van der Waals surface area contributed by atoms with E-state index in [2.05, 4.69) is 16.0 Å². The van der Waals surface area contributed by atoms with E-state index in [-0.39, 0.29) is 19.2 Å². The number of anilines is 1. The van der Waals surface area contributed by atoms with Crippen molar-refractivity contribution in [3.05, 3.63) is 48.0 Å². The highest BCUT2D eigenvalue weighted by molar-refractivity contribution is 5.92. The summed E-state index contributed by atoms with van der Waals surface area (Å²) in [6.07, 6.45) is 0. The number of urea groups is 1. The Kier molecular flexibility index (Phi) is 5.98. The standard InChI is InChI=1S/C19H21N3O5/c1-2-20-18(23)10-21-19(24)22-14-5-3-4-13(8-14)11-25-15-6-7-16-17(9-15)27-12-26-16/h3-9H,2,10-12H2,1H3,(H,20,23)(H2,21,22,24). The quantitative estimate of drug-likeness (QED) is 0.693. The number of ether oxygens (including phenoxy) is 3. The average molecular weight is 371 g/mol. The summed E-state index contributed by atoms with van der Waals surface area (Å²) >= 11 is 0. The number of fused-ring (bicyclic) bond motifs is 1. The Morgan fingerprint density at radius 2 is 1.93 bits per heavy atom. The smallest absolute Gasteiger partial charge is 0.319 e. The molecule has 3 rings (SSSR count). The number of carbonyl (C=O) groups is 2. The minimum atomic E-state index is -0.449. The van der Waals surface area contributed by atoms with Gasteiger partial charge in [-0.1, -0.05) is 12.1 Å². The maximum atomic E-state index is 11.9. The molecule has 0 bridgehead atoms. The van der Waals surface area contributed by atoms with Gasteiger partial charge < -0.3 is 30.2 Å². The Morgan fingerprint density at radius 1 is 1.07 bits per heavy atom. The van der Waals surface area contributed by atoms with Gasteiger partial charge in [0.2, 0.25) is 12.7 Å². The van der Waals surface area contributed by atoms with Crippen LogP contribution < -0.4 is 30.2 Å². The van der Waals surface area contributed by atoms with Crippen LogP contribution in [-0.4, -0.2) is 31.8 Å². The molecule has 0 saturated heterocycles. The van der Waals surface area contributed by atoms with E-state index in [1.165, 1.54) is 0 Å². The third kappa shape index (κ3) is 5.27. The van der Waals surface area contributed by atoms with E-state index in [4.69, 9.17) is 14.2 Å². The Labute approximate surface area is 156 Å². The van der Waals surface area contributed by atoms with E-state index in [0.29, 0.717) is 36.1 Å². The third-order valence-electron chi connectivity index (χ3n) is 3.72.